The van der Waals surface area contributed by atoms with Crippen LogP contribution in [0.25, 0.3) is 22.0 Å². The Morgan fingerprint density at radius 1 is 1.05 bits per heavy atom. The molecule has 5 rings (SSSR count). The van der Waals surface area contributed by atoms with E-state index in [1.807, 2.05) is 30.3 Å². The number of aromatic nitrogens is 2. The number of pyridine rings is 2. The first-order valence-electron chi connectivity index (χ1n) is 12.3. The molecule has 38 heavy (non-hydrogen) atoms. The number of piperidine rings is 1. The number of likely N-dealkylation sites (tertiary alicyclic amines) is 1. The van der Waals surface area contributed by atoms with Crippen molar-refractivity contribution in [2.24, 2.45) is 5.92 Å². The molecular formula is C29H24F3N5O. The molecule has 1 N–H and O–H groups in total. The van der Waals surface area contributed by atoms with Gasteiger partial charge in [0, 0.05) is 42.3 Å². The third kappa shape index (κ3) is 5.30. The number of rotatable bonds is 5. The van der Waals surface area contributed by atoms with E-state index in [0.29, 0.717) is 47.5 Å². The number of hydrogen-bond acceptors (Lipinski definition) is 5. The maximum atomic E-state index is 13.4. The quantitative estimate of drug-likeness (QED) is 0.345. The van der Waals surface area contributed by atoms with Gasteiger partial charge in [-0.25, -0.2) is 9.97 Å². The number of nitrogens with zero attached hydrogens (tertiary/aromatic N) is 4. The lowest BCUT2D eigenvalue weighted by Gasteiger charge is -2.32. The molecule has 6 nitrogen and oxygen atoms in total. The van der Waals surface area contributed by atoms with E-state index in [9.17, 15) is 18.0 Å². The Labute approximate surface area is 217 Å². The number of anilines is 1. The summed E-state index contributed by atoms with van der Waals surface area (Å²) in [6, 6.07) is 20.2. The largest absolute Gasteiger partial charge is 0.433 e. The highest BCUT2D eigenvalue weighted by Crippen LogP contribution is 2.35. The van der Waals surface area contributed by atoms with Crippen LogP contribution in [0.5, 0.6) is 0 Å². The number of halogens is 3. The van der Waals surface area contributed by atoms with E-state index in [4.69, 9.17) is 5.26 Å². The number of benzene rings is 2. The second-order valence-corrected chi connectivity index (χ2v) is 9.29. The van der Waals surface area contributed by atoms with Crippen LogP contribution in [0.15, 0.2) is 72.9 Å². The number of carbonyl (C=O) groups is 1. The molecule has 2 aromatic carbocycles. The van der Waals surface area contributed by atoms with E-state index in [0.717, 1.165) is 24.5 Å². The molecule has 3 heterocycles. The highest BCUT2D eigenvalue weighted by molar-refractivity contribution is 5.99. The third-order valence-corrected chi connectivity index (χ3v) is 6.80. The van der Waals surface area contributed by atoms with Gasteiger partial charge in [-0.05, 0) is 54.7 Å². The molecule has 1 fully saturated rings. The Balaban J connectivity index is 1.31. The van der Waals surface area contributed by atoms with Crippen molar-refractivity contribution < 1.29 is 18.0 Å². The maximum absolute atomic E-state index is 13.4. The fourth-order valence-corrected chi connectivity index (χ4v) is 4.73. The second kappa shape index (κ2) is 10.5. The van der Waals surface area contributed by atoms with Crippen molar-refractivity contribution in [1.29, 1.82) is 5.26 Å². The Bertz CT molecular complexity index is 1510. The Morgan fingerprint density at radius 2 is 1.82 bits per heavy atom. The van der Waals surface area contributed by atoms with Gasteiger partial charge in [0.2, 0.25) is 0 Å². The lowest BCUT2D eigenvalue weighted by Crippen LogP contribution is -2.40. The smallest absolute Gasteiger partial charge is 0.369 e. The zero-order valence-corrected chi connectivity index (χ0v) is 20.4. The molecule has 0 radical (unpaired) electrons. The molecule has 0 aliphatic carbocycles. The molecule has 0 unspecified atom stereocenters. The van der Waals surface area contributed by atoms with Crippen molar-refractivity contribution >= 4 is 22.6 Å². The van der Waals surface area contributed by atoms with Crippen LogP contribution in [0.4, 0.5) is 19.0 Å². The summed E-state index contributed by atoms with van der Waals surface area (Å²) in [5.41, 5.74) is 1.51. The first-order chi connectivity index (χ1) is 18.3. The zero-order valence-electron chi connectivity index (χ0n) is 20.4. The number of hydrogen-bond donors (Lipinski definition) is 1. The summed E-state index contributed by atoms with van der Waals surface area (Å²) in [4.78, 5) is 23.2. The summed E-state index contributed by atoms with van der Waals surface area (Å²) in [5.74, 6) is 0.648. The van der Waals surface area contributed by atoms with Crippen LogP contribution in [0.2, 0.25) is 0 Å². The predicted molar refractivity (Wildman–Crippen MR) is 138 cm³/mol. The van der Waals surface area contributed by atoms with Crippen molar-refractivity contribution in [1.82, 2.24) is 14.9 Å². The van der Waals surface area contributed by atoms with E-state index in [1.165, 1.54) is 6.07 Å². The minimum absolute atomic E-state index is 0.0933. The molecule has 192 valence electrons. The first kappa shape index (κ1) is 25.2. The first-order valence-corrected chi connectivity index (χ1v) is 12.3. The highest BCUT2D eigenvalue weighted by Gasteiger charge is 2.33. The lowest BCUT2D eigenvalue weighted by atomic mass is 9.96. The predicted octanol–water partition coefficient (Wildman–Crippen LogP) is 6.15. The van der Waals surface area contributed by atoms with Gasteiger partial charge >= 0.3 is 6.18 Å². The van der Waals surface area contributed by atoms with Crippen molar-refractivity contribution in [2.75, 3.05) is 25.0 Å². The number of amides is 1. The fourth-order valence-electron chi connectivity index (χ4n) is 4.73. The van der Waals surface area contributed by atoms with Crippen molar-refractivity contribution in [3.8, 4) is 17.2 Å². The van der Waals surface area contributed by atoms with Crippen LogP contribution >= 0.6 is 0 Å². The average molecular weight is 516 g/mol. The van der Waals surface area contributed by atoms with Gasteiger partial charge in [-0.1, -0.05) is 36.4 Å². The molecule has 1 amide bonds. The monoisotopic (exact) mass is 515 g/mol. The molecule has 1 saturated heterocycles. The summed E-state index contributed by atoms with van der Waals surface area (Å²) in [7, 11) is 0. The number of carbonyl (C=O) groups excluding carboxylic acids is 1. The molecule has 0 atom stereocenters. The highest BCUT2D eigenvalue weighted by atomic mass is 19.4. The topological polar surface area (TPSA) is 81.9 Å². The van der Waals surface area contributed by atoms with E-state index < -0.39 is 11.9 Å². The van der Waals surface area contributed by atoms with Gasteiger partial charge in [0.15, 0.2) is 0 Å². The molecule has 0 saturated carbocycles. The number of nitrogens with one attached hydrogen (secondary N) is 1. The Hall–Kier alpha value is -4.45. The number of fused-ring (bicyclic) bond motifs is 1. The summed E-state index contributed by atoms with van der Waals surface area (Å²) >= 11 is 0. The van der Waals surface area contributed by atoms with Crippen LogP contribution in [-0.4, -0.2) is 40.4 Å². The molecule has 0 spiro atoms. The third-order valence-electron chi connectivity index (χ3n) is 6.80. The van der Waals surface area contributed by atoms with Crippen LogP contribution in [0, 0.1) is 17.2 Å². The molecule has 1 aliphatic rings. The molecule has 4 aromatic rings. The molecule has 2 aromatic heterocycles. The summed E-state index contributed by atoms with van der Waals surface area (Å²) in [5, 5.41) is 12.9. The van der Waals surface area contributed by atoms with Crippen molar-refractivity contribution in [3.05, 3.63) is 89.7 Å². The fraction of sp³-hybridized carbons (Fsp3) is 0.241. The normalized spacial score (nSPS) is 14.3. The lowest BCUT2D eigenvalue weighted by molar-refractivity contribution is -0.140. The molecule has 9 heteroatoms. The van der Waals surface area contributed by atoms with Gasteiger partial charge < -0.3 is 10.2 Å². The van der Waals surface area contributed by atoms with Crippen molar-refractivity contribution in [3.63, 3.8) is 0 Å². The standard InChI is InChI=1S/C29H24F3N5O/c30-29(31,32)25-10-9-23-26(36-25)24(21-6-2-1-3-7-21)18-35-27(23)34-17-19-11-13-37(14-12-19)28(38)22-8-4-5-20(15-22)16-33/h1-10,15,18-19H,11-14,17H2,(H,34,35). The second-order valence-electron chi connectivity index (χ2n) is 9.29. The minimum atomic E-state index is -4.56. The Morgan fingerprint density at radius 3 is 2.53 bits per heavy atom. The summed E-state index contributed by atoms with van der Waals surface area (Å²) in [6.07, 6.45) is -1.45. The number of alkyl halides is 3. The summed E-state index contributed by atoms with van der Waals surface area (Å²) in [6.45, 7) is 1.74. The molecular weight excluding hydrogens is 491 g/mol. The van der Waals surface area contributed by atoms with Gasteiger partial charge in [-0.3, -0.25) is 4.79 Å². The van der Waals surface area contributed by atoms with E-state index in [1.54, 1.807) is 35.4 Å². The molecule has 1 aliphatic heterocycles. The SMILES string of the molecule is N#Cc1cccc(C(=O)N2CCC(CNc3ncc(-c4ccccc4)c4nc(C(F)(F)F)ccc34)CC2)c1. The number of nitriles is 1. The van der Waals surface area contributed by atoms with Gasteiger partial charge in [-0.2, -0.15) is 18.4 Å². The van der Waals surface area contributed by atoms with Gasteiger partial charge in [0.05, 0.1) is 17.1 Å². The van der Waals surface area contributed by atoms with Crippen LogP contribution in [0.1, 0.15) is 34.5 Å². The Kier molecular flexibility index (Phi) is 6.97. The van der Waals surface area contributed by atoms with E-state index >= 15 is 0 Å². The van der Waals surface area contributed by atoms with Gasteiger partial charge in [-0.15, -0.1) is 0 Å². The minimum Gasteiger partial charge on any atom is -0.369 e. The van der Waals surface area contributed by atoms with Gasteiger partial charge in [0.1, 0.15) is 11.5 Å². The van der Waals surface area contributed by atoms with Gasteiger partial charge in [0.25, 0.3) is 5.91 Å². The van der Waals surface area contributed by atoms with Crippen LogP contribution < -0.4 is 5.32 Å². The van der Waals surface area contributed by atoms with Crippen LogP contribution in [0.3, 0.4) is 0 Å². The zero-order chi connectivity index (χ0) is 26.7. The maximum Gasteiger partial charge on any atom is 0.433 e. The average Bonchev–Trinajstić information content (AvgIpc) is 2.95. The summed E-state index contributed by atoms with van der Waals surface area (Å²) < 4.78 is 40.3. The van der Waals surface area contributed by atoms with Crippen LogP contribution in [-0.2, 0) is 6.18 Å². The van der Waals surface area contributed by atoms with E-state index in [2.05, 4.69) is 21.4 Å². The van der Waals surface area contributed by atoms with Crippen molar-refractivity contribution in [2.45, 2.75) is 19.0 Å². The van der Waals surface area contributed by atoms with E-state index in [-0.39, 0.29) is 17.3 Å². The molecule has 0 bridgehead atoms.